The van der Waals surface area contributed by atoms with Crippen LogP contribution in [-0.2, 0) is 20.8 Å². The first kappa shape index (κ1) is 20.4. The third-order valence-electron chi connectivity index (χ3n) is 4.51. The Morgan fingerprint density at radius 3 is 2.27 bits per heavy atom. The number of carbonyl (C=O) groups is 2. The molecule has 1 aromatic rings. The zero-order chi connectivity index (χ0) is 19.3. The van der Waals surface area contributed by atoms with Gasteiger partial charge in [0.05, 0.1) is 19.3 Å². The Hall–Kier alpha value is -1.92. The van der Waals surface area contributed by atoms with Crippen LogP contribution in [0.25, 0.3) is 0 Å². The van der Waals surface area contributed by atoms with Gasteiger partial charge in [-0.3, -0.25) is 14.5 Å². The summed E-state index contributed by atoms with van der Waals surface area (Å²) in [6.45, 7) is 10.6. The quantitative estimate of drug-likeness (QED) is 0.727. The summed E-state index contributed by atoms with van der Waals surface area (Å²) in [6, 6.07) is 7.54. The predicted octanol–water partition coefficient (Wildman–Crippen LogP) is 2.32. The van der Waals surface area contributed by atoms with Crippen molar-refractivity contribution in [2.45, 2.75) is 52.5 Å². The van der Waals surface area contributed by atoms with E-state index in [-0.39, 0.29) is 30.7 Å². The number of carbonyl (C=O) groups excluding carboxylic acids is 2. The van der Waals surface area contributed by atoms with Gasteiger partial charge < -0.3 is 14.4 Å². The Labute approximate surface area is 156 Å². The lowest BCUT2D eigenvalue weighted by Gasteiger charge is -2.35. The number of benzene rings is 1. The van der Waals surface area contributed by atoms with Crippen molar-refractivity contribution >= 4 is 11.9 Å². The van der Waals surface area contributed by atoms with Gasteiger partial charge in [-0.15, -0.1) is 0 Å². The minimum absolute atomic E-state index is 0.0433. The smallest absolute Gasteiger partial charge is 0.325 e. The van der Waals surface area contributed by atoms with Crippen molar-refractivity contribution in [1.29, 1.82) is 0 Å². The average molecular weight is 362 g/mol. The van der Waals surface area contributed by atoms with E-state index in [0.717, 1.165) is 25.2 Å². The van der Waals surface area contributed by atoms with E-state index in [2.05, 4.69) is 23.5 Å². The molecule has 6 nitrogen and oxygen atoms in total. The third kappa shape index (κ3) is 5.54. The van der Waals surface area contributed by atoms with Crippen LogP contribution in [0.4, 0.5) is 0 Å². The number of methoxy groups -OCH3 is 1. The maximum absolute atomic E-state index is 12.7. The Bertz CT molecular complexity index is 605. The summed E-state index contributed by atoms with van der Waals surface area (Å²) < 4.78 is 10.5. The largest absolute Gasteiger partial charge is 0.468 e. The first-order valence-electron chi connectivity index (χ1n) is 9.14. The van der Waals surface area contributed by atoms with Crippen molar-refractivity contribution in [2.75, 3.05) is 26.7 Å². The van der Waals surface area contributed by atoms with Crippen LogP contribution in [0, 0.1) is 0 Å². The second-order valence-corrected chi connectivity index (χ2v) is 7.25. The molecule has 2 unspecified atom stereocenters. The van der Waals surface area contributed by atoms with Gasteiger partial charge >= 0.3 is 5.97 Å². The first-order chi connectivity index (χ1) is 12.3. The lowest BCUT2D eigenvalue weighted by atomic mass is 10.1. The van der Waals surface area contributed by atoms with Gasteiger partial charge in [0.25, 0.3) is 5.91 Å². The number of amides is 1. The van der Waals surface area contributed by atoms with Gasteiger partial charge in [0, 0.05) is 31.2 Å². The summed E-state index contributed by atoms with van der Waals surface area (Å²) >= 11 is 0. The molecule has 1 amide bonds. The van der Waals surface area contributed by atoms with E-state index >= 15 is 0 Å². The van der Waals surface area contributed by atoms with Crippen LogP contribution in [0.1, 0.15) is 43.6 Å². The lowest BCUT2D eigenvalue weighted by molar-refractivity contribution is -0.141. The number of esters is 1. The minimum atomic E-state index is -0.417. The number of hydrogen-bond acceptors (Lipinski definition) is 5. The molecule has 0 radical (unpaired) electrons. The molecule has 1 heterocycles. The maximum Gasteiger partial charge on any atom is 0.325 e. The van der Waals surface area contributed by atoms with Crippen LogP contribution < -0.4 is 0 Å². The molecule has 0 aliphatic carbocycles. The fourth-order valence-corrected chi connectivity index (χ4v) is 3.28. The highest BCUT2D eigenvalue weighted by molar-refractivity contribution is 5.96. The van der Waals surface area contributed by atoms with E-state index in [4.69, 9.17) is 4.74 Å². The lowest BCUT2D eigenvalue weighted by Crippen LogP contribution is -2.44. The minimum Gasteiger partial charge on any atom is -0.468 e. The van der Waals surface area contributed by atoms with E-state index in [1.54, 1.807) is 0 Å². The average Bonchev–Trinajstić information content (AvgIpc) is 2.58. The molecule has 0 spiro atoms. The molecule has 1 aliphatic heterocycles. The molecular weight excluding hydrogens is 332 g/mol. The zero-order valence-corrected chi connectivity index (χ0v) is 16.4. The first-order valence-corrected chi connectivity index (χ1v) is 9.14. The predicted molar refractivity (Wildman–Crippen MR) is 99.9 cm³/mol. The molecule has 0 N–H and O–H groups in total. The Kier molecular flexibility index (Phi) is 7.17. The molecule has 1 saturated heterocycles. The van der Waals surface area contributed by atoms with Crippen LogP contribution in [0.3, 0.4) is 0 Å². The summed E-state index contributed by atoms with van der Waals surface area (Å²) in [5.41, 5.74) is 1.74. The third-order valence-corrected chi connectivity index (χ3v) is 4.51. The van der Waals surface area contributed by atoms with Crippen LogP contribution in [-0.4, -0.2) is 66.7 Å². The van der Waals surface area contributed by atoms with Crippen molar-refractivity contribution < 1.29 is 19.1 Å². The van der Waals surface area contributed by atoms with Gasteiger partial charge in [-0.05, 0) is 45.4 Å². The number of ether oxygens (including phenoxy) is 2. The fourth-order valence-electron chi connectivity index (χ4n) is 3.28. The summed E-state index contributed by atoms with van der Waals surface area (Å²) in [6.07, 6.45) is 0.468. The van der Waals surface area contributed by atoms with Crippen molar-refractivity contribution in [3.8, 4) is 0 Å². The van der Waals surface area contributed by atoms with E-state index in [0.29, 0.717) is 5.56 Å². The zero-order valence-electron chi connectivity index (χ0n) is 16.4. The van der Waals surface area contributed by atoms with E-state index in [1.165, 1.54) is 12.0 Å². The molecular formula is C20H30N2O4. The van der Waals surface area contributed by atoms with Crippen molar-refractivity contribution in [2.24, 2.45) is 0 Å². The number of hydrogen-bond donors (Lipinski definition) is 0. The van der Waals surface area contributed by atoms with Crippen LogP contribution in [0.5, 0.6) is 0 Å². The van der Waals surface area contributed by atoms with Crippen molar-refractivity contribution in [3.63, 3.8) is 0 Å². The SMILES string of the molecule is COC(=O)CN(C(=O)c1ccc(CN2CC(C)OC(C)C2)cc1)C(C)C. The number of nitrogens with zero attached hydrogens (tertiary/aromatic N) is 2. The summed E-state index contributed by atoms with van der Waals surface area (Å²) in [5, 5.41) is 0. The maximum atomic E-state index is 12.7. The topological polar surface area (TPSA) is 59.1 Å². The highest BCUT2D eigenvalue weighted by atomic mass is 16.5. The summed E-state index contributed by atoms with van der Waals surface area (Å²) in [7, 11) is 1.33. The summed E-state index contributed by atoms with van der Waals surface area (Å²) in [5.74, 6) is -0.579. The second kappa shape index (κ2) is 9.14. The van der Waals surface area contributed by atoms with Crippen LogP contribution in [0.2, 0.25) is 0 Å². The molecule has 26 heavy (non-hydrogen) atoms. The fraction of sp³-hybridized carbons (Fsp3) is 0.600. The highest BCUT2D eigenvalue weighted by Gasteiger charge is 2.23. The Balaban J connectivity index is 2.03. The standard InChI is InChI=1S/C20H30N2O4/c1-14(2)22(13-19(23)25-5)20(24)18-8-6-17(7-9-18)12-21-10-15(3)26-16(4)11-21/h6-9,14-16H,10-13H2,1-5H3. The molecule has 2 rings (SSSR count). The van der Waals surface area contributed by atoms with Crippen molar-refractivity contribution in [1.82, 2.24) is 9.80 Å². The molecule has 2 atom stereocenters. The highest BCUT2D eigenvalue weighted by Crippen LogP contribution is 2.16. The Morgan fingerprint density at radius 1 is 1.19 bits per heavy atom. The molecule has 144 valence electrons. The summed E-state index contributed by atoms with van der Waals surface area (Å²) in [4.78, 5) is 28.2. The molecule has 1 aromatic carbocycles. The van der Waals surface area contributed by atoms with E-state index in [9.17, 15) is 9.59 Å². The van der Waals surface area contributed by atoms with Gasteiger partial charge in [0.2, 0.25) is 0 Å². The molecule has 0 saturated carbocycles. The van der Waals surface area contributed by atoms with Crippen molar-refractivity contribution in [3.05, 3.63) is 35.4 Å². The molecule has 1 aliphatic rings. The van der Waals surface area contributed by atoms with Gasteiger partial charge in [0.1, 0.15) is 6.54 Å². The van der Waals surface area contributed by atoms with Gasteiger partial charge in [0.15, 0.2) is 0 Å². The van der Waals surface area contributed by atoms with E-state index < -0.39 is 5.97 Å². The van der Waals surface area contributed by atoms with Crippen LogP contribution in [0.15, 0.2) is 24.3 Å². The van der Waals surface area contributed by atoms with Gasteiger partial charge in [-0.25, -0.2) is 0 Å². The number of morpholine rings is 1. The van der Waals surface area contributed by atoms with E-state index in [1.807, 2.05) is 38.1 Å². The monoisotopic (exact) mass is 362 g/mol. The molecule has 1 fully saturated rings. The molecule has 6 heteroatoms. The second-order valence-electron chi connectivity index (χ2n) is 7.25. The normalized spacial score (nSPS) is 20.8. The van der Waals surface area contributed by atoms with Gasteiger partial charge in [-0.1, -0.05) is 12.1 Å². The molecule has 0 bridgehead atoms. The number of rotatable bonds is 6. The van der Waals surface area contributed by atoms with Gasteiger partial charge in [-0.2, -0.15) is 0 Å². The molecule has 0 aromatic heterocycles. The Morgan fingerprint density at radius 2 is 1.77 bits per heavy atom. The van der Waals surface area contributed by atoms with Crippen LogP contribution >= 0.6 is 0 Å².